The van der Waals surface area contributed by atoms with E-state index >= 15 is 0 Å². The van der Waals surface area contributed by atoms with Crippen molar-refractivity contribution in [2.75, 3.05) is 11.9 Å². The molecule has 1 aromatic carbocycles. The second-order valence-corrected chi connectivity index (χ2v) is 5.69. The van der Waals surface area contributed by atoms with Gasteiger partial charge in [-0.1, -0.05) is 6.07 Å². The Bertz CT molecular complexity index is 777. The van der Waals surface area contributed by atoms with Gasteiger partial charge in [-0.15, -0.1) is 0 Å². The number of anilines is 2. The van der Waals surface area contributed by atoms with Crippen LogP contribution in [0, 0.1) is 0 Å². The van der Waals surface area contributed by atoms with E-state index in [4.69, 9.17) is 4.74 Å². The smallest absolute Gasteiger partial charge is 0.180 e. The first-order chi connectivity index (χ1) is 10.5. The molecule has 0 saturated carbocycles. The lowest BCUT2D eigenvalue weighted by molar-refractivity contribution is 0.0285. The number of imidazole rings is 1. The molecule has 2 aromatic heterocycles. The second kappa shape index (κ2) is 5.65. The van der Waals surface area contributed by atoms with E-state index in [1.807, 2.05) is 41.1 Å². The van der Waals surface area contributed by atoms with Crippen molar-refractivity contribution in [3.63, 3.8) is 0 Å². The number of nitrogens with one attached hydrogen (secondary N) is 1. The number of benzene rings is 1. The van der Waals surface area contributed by atoms with E-state index in [0.717, 1.165) is 11.3 Å². The summed E-state index contributed by atoms with van der Waals surface area (Å²) in [5.41, 5.74) is 0.731. The van der Waals surface area contributed by atoms with Gasteiger partial charge in [-0.05, 0) is 26.0 Å². The first-order valence-electron chi connectivity index (χ1n) is 7.01. The Morgan fingerprint density at radius 1 is 1.23 bits per heavy atom. The van der Waals surface area contributed by atoms with Gasteiger partial charge in [-0.3, -0.25) is 0 Å². The van der Waals surface area contributed by atoms with Crippen molar-refractivity contribution in [3.05, 3.63) is 49.1 Å². The van der Waals surface area contributed by atoms with Crippen molar-refractivity contribution in [2.24, 2.45) is 0 Å². The van der Waals surface area contributed by atoms with Crippen molar-refractivity contribution in [1.82, 2.24) is 14.4 Å². The highest BCUT2D eigenvalue weighted by molar-refractivity contribution is 5.70. The molecule has 0 unspecified atom stereocenters. The molecule has 6 nitrogen and oxygen atoms in total. The summed E-state index contributed by atoms with van der Waals surface area (Å²) < 4.78 is 7.48. The Morgan fingerprint density at radius 2 is 2.00 bits per heavy atom. The molecule has 0 fully saturated rings. The average Bonchev–Trinajstić information content (AvgIpc) is 2.94. The number of hydrogen-bond acceptors (Lipinski definition) is 5. The van der Waals surface area contributed by atoms with Gasteiger partial charge in [-0.25, -0.2) is 9.97 Å². The van der Waals surface area contributed by atoms with E-state index in [0.29, 0.717) is 11.6 Å². The quantitative estimate of drug-likeness (QED) is 0.757. The lowest BCUT2D eigenvalue weighted by atomic mass is 10.2. The van der Waals surface area contributed by atoms with Crippen LogP contribution in [0.1, 0.15) is 13.8 Å². The number of rotatable bonds is 5. The van der Waals surface area contributed by atoms with Crippen molar-refractivity contribution in [2.45, 2.75) is 19.4 Å². The normalized spacial score (nSPS) is 11.6. The van der Waals surface area contributed by atoms with Gasteiger partial charge in [0.25, 0.3) is 0 Å². The molecule has 0 atom stereocenters. The fourth-order valence-corrected chi connectivity index (χ4v) is 2.00. The Morgan fingerprint density at radius 3 is 2.77 bits per heavy atom. The highest BCUT2D eigenvalue weighted by Gasteiger charge is 2.13. The van der Waals surface area contributed by atoms with Gasteiger partial charge in [0.2, 0.25) is 0 Å². The Labute approximate surface area is 128 Å². The van der Waals surface area contributed by atoms with E-state index in [1.165, 1.54) is 0 Å². The van der Waals surface area contributed by atoms with Crippen molar-refractivity contribution < 1.29 is 9.84 Å². The summed E-state index contributed by atoms with van der Waals surface area (Å²) in [6.07, 6.45) is 7.15. The van der Waals surface area contributed by atoms with Crippen LogP contribution in [0.2, 0.25) is 0 Å². The van der Waals surface area contributed by atoms with E-state index < -0.39 is 5.60 Å². The SMILES string of the molecule is CC(C)(O)COc1cccc(Nc2nccn3ccnc23)c1. The maximum absolute atomic E-state index is 9.72. The van der Waals surface area contributed by atoms with Crippen LogP contribution in [0.4, 0.5) is 11.5 Å². The van der Waals surface area contributed by atoms with E-state index in [2.05, 4.69) is 15.3 Å². The largest absolute Gasteiger partial charge is 0.491 e. The molecule has 0 aliphatic rings. The summed E-state index contributed by atoms with van der Waals surface area (Å²) >= 11 is 0. The molecule has 0 radical (unpaired) electrons. The minimum absolute atomic E-state index is 0.227. The molecule has 22 heavy (non-hydrogen) atoms. The first-order valence-corrected chi connectivity index (χ1v) is 7.01. The van der Waals surface area contributed by atoms with Crippen molar-refractivity contribution >= 4 is 17.2 Å². The summed E-state index contributed by atoms with van der Waals surface area (Å²) in [6.45, 7) is 3.64. The third kappa shape index (κ3) is 3.35. The van der Waals surface area contributed by atoms with Crippen LogP contribution in [0.15, 0.2) is 49.1 Å². The maximum Gasteiger partial charge on any atom is 0.180 e. The van der Waals surface area contributed by atoms with Gasteiger partial charge in [0.05, 0.1) is 5.60 Å². The van der Waals surface area contributed by atoms with E-state index in [1.54, 1.807) is 26.2 Å². The van der Waals surface area contributed by atoms with Crippen LogP contribution in [0.3, 0.4) is 0 Å². The van der Waals surface area contributed by atoms with Gasteiger partial charge < -0.3 is 19.6 Å². The van der Waals surface area contributed by atoms with Crippen LogP contribution in [-0.4, -0.2) is 31.7 Å². The molecule has 114 valence electrons. The topological polar surface area (TPSA) is 71.7 Å². The van der Waals surface area contributed by atoms with Crippen LogP contribution >= 0.6 is 0 Å². The number of fused-ring (bicyclic) bond motifs is 1. The summed E-state index contributed by atoms with van der Waals surface area (Å²) in [4.78, 5) is 8.59. The monoisotopic (exact) mass is 298 g/mol. The first kappa shape index (κ1) is 14.3. The van der Waals surface area contributed by atoms with Gasteiger partial charge >= 0.3 is 0 Å². The lowest BCUT2D eigenvalue weighted by Gasteiger charge is -2.18. The summed E-state index contributed by atoms with van der Waals surface area (Å²) in [7, 11) is 0. The third-order valence-electron chi connectivity index (χ3n) is 3.00. The minimum atomic E-state index is -0.869. The van der Waals surface area contributed by atoms with Gasteiger partial charge in [0.15, 0.2) is 11.5 Å². The molecule has 6 heteroatoms. The zero-order chi connectivity index (χ0) is 15.6. The molecule has 2 heterocycles. The fourth-order valence-electron chi connectivity index (χ4n) is 2.00. The summed E-state index contributed by atoms with van der Waals surface area (Å²) in [6, 6.07) is 7.51. The molecule has 0 bridgehead atoms. The zero-order valence-electron chi connectivity index (χ0n) is 12.5. The molecule has 3 rings (SSSR count). The van der Waals surface area contributed by atoms with Crippen molar-refractivity contribution in [3.8, 4) is 5.75 Å². The number of ether oxygens (including phenoxy) is 1. The second-order valence-electron chi connectivity index (χ2n) is 5.69. The van der Waals surface area contributed by atoms with Crippen molar-refractivity contribution in [1.29, 1.82) is 0 Å². The highest BCUT2D eigenvalue weighted by atomic mass is 16.5. The number of aromatic nitrogens is 3. The van der Waals surface area contributed by atoms with Crippen LogP contribution in [-0.2, 0) is 0 Å². The predicted molar refractivity (Wildman–Crippen MR) is 84.5 cm³/mol. The molecule has 0 spiro atoms. The molecule has 0 aliphatic heterocycles. The molecular weight excluding hydrogens is 280 g/mol. The summed E-state index contributed by atoms with van der Waals surface area (Å²) in [5, 5.41) is 13.0. The molecular formula is C16H18N4O2. The zero-order valence-corrected chi connectivity index (χ0v) is 12.5. The fraction of sp³-hybridized carbons (Fsp3) is 0.250. The number of nitrogens with zero attached hydrogens (tertiary/aromatic N) is 3. The highest BCUT2D eigenvalue weighted by Crippen LogP contribution is 2.23. The minimum Gasteiger partial charge on any atom is -0.491 e. The number of hydrogen-bond donors (Lipinski definition) is 2. The lowest BCUT2D eigenvalue weighted by Crippen LogP contribution is -2.27. The average molecular weight is 298 g/mol. The Kier molecular flexibility index (Phi) is 3.68. The van der Waals surface area contributed by atoms with Gasteiger partial charge in [0.1, 0.15) is 12.4 Å². The predicted octanol–water partition coefficient (Wildman–Crippen LogP) is 2.62. The molecule has 0 saturated heterocycles. The van der Waals surface area contributed by atoms with Crippen LogP contribution < -0.4 is 10.1 Å². The molecule has 2 N–H and O–H groups in total. The molecule has 0 amide bonds. The Balaban J connectivity index is 1.79. The van der Waals surface area contributed by atoms with Gasteiger partial charge in [0, 0.05) is 36.5 Å². The third-order valence-corrected chi connectivity index (χ3v) is 3.00. The summed E-state index contributed by atoms with van der Waals surface area (Å²) in [5.74, 6) is 1.36. The van der Waals surface area contributed by atoms with E-state index in [9.17, 15) is 5.11 Å². The van der Waals surface area contributed by atoms with E-state index in [-0.39, 0.29) is 6.61 Å². The van der Waals surface area contributed by atoms with Gasteiger partial charge in [-0.2, -0.15) is 0 Å². The maximum atomic E-state index is 9.72. The molecule has 3 aromatic rings. The Hall–Kier alpha value is -2.60. The molecule has 0 aliphatic carbocycles. The van der Waals surface area contributed by atoms with Crippen LogP contribution in [0.5, 0.6) is 5.75 Å². The van der Waals surface area contributed by atoms with Crippen LogP contribution in [0.25, 0.3) is 5.65 Å². The standard InChI is InChI=1S/C16H18N4O2/c1-16(2,21)11-22-13-5-3-4-12(10-13)19-14-15-18-7-9-20(15)8-6-17-14/h3-10,21H,11H2,1-2H3,(H,17,19). The number of aliphatic hydroxyl groups is 1.